The summed E-state index contributed by atoms with van der Waals surface area (Å²) in [5, 5.41) is 4.74. The van der Waals surface area contributed by atoms with Crippen molar-refractivity contribution < 1.29 is 0 Å². The van der Waals surface area contributed by atoms with E-state index < -0.39 is 0 Å². The minimum atomic E-state index is 0.472. The summed E-state index contributed by atoms with van der Waals surface area (Å²) in [5.41, 5.74) is 5.23. The SMILES string of the molecule is CCCCn1cc(CN2[C@H]3CC[C@@H]2c2cnc(N4CCCC4)nc2C3)c(C)n1. The molecule has 3 aliphatic rings. The van der Waals surface area contributed by atoms with E-state index in [2.05, 4.69) is 40.7 Å². The Morgan fingerprint density at radius 1 is 1.18 bits per heavy atom. The molecule has 0 radical (unpaired) electrons. The zero-order chi connectivity index (χ0) is 19.1. The number of anilines is 1. The molecule has 0 N–H and O–H groups in total. The Morgan fingerprint density at radius 2 is 2.04 bits per heavy atom. The summed E-state index contributed by atoms with van der Waals surface area (Å²) in [5.74, 6) is 0.956. The van der Waals surface area contributed by atoms with Crippen molar-refractivity contribution >= 4 is 5.95 Å². The minimum absolute atomic E-state index is 0.472. The van der Waals surface area contributed by atoms with E-state index in [-0.39, 0.29) is 0 Å². The lowest BCUT2D eigenvalue weighted by Crippen LogP contribution is -2.38. The van der Waals surface area contributed by atoms with Gasteiger partial charge in [-0.3, -0.25) is 9.58 Å². The van der Waals surface area contributed by atoms with Gasteiger partial charge in [0, 0.05) is 68.2 Å². The molecule has 2 aromatic rings. The average molecular weight is 381 g/mol. The normalized spacial score (nSPS) is 24.1. The van der Waals surface area contributed by atoms with Crippen LogP contribution in [0.2, 0.25) is 0 Å². The van der Waals surface area contributed by atoms with Crippen molar-refractivity contribution in [3.8, 4) is 0 Å². The molecule has 6 nitrogen and oxygen atoms in total. The van der Waals surface area contributed by atoms with Gasteiger partial charge in [-0.1, -0.05) is 13.3 Å². The summed E-state index contributed by atoms with van der Waals surface area (Å²) in [6.45, 7) is 8.64. The van der Waals surface area contributed by atoms with Crippen LogP contribution in [0.3, 0.4) is 0 Å². The maximum atomic E-state index is 5.00. The highest BCUT2D eigenvalue weighted by atomic mass is 15.3. The standard InChI is InChI=1S/C22H32N6/c1-3-4-11-27-14-17(16(2)25-27)15-28-18-7-8-21(28)19-13-23-22(24-20(19)12-18)26-9-5-6-10-26/h13-14,18,21H,3-12,15H2,1-2H3/t18-,21+/m0/s1. The topological polar surface area (TPSA) is 50.1 Å². The number of aryl methyl sites for hydroxylation is 2. The van der Waals surface area contributed by atoms with Crippen LogP contribution < -0.4 is 4.90 Å². The maximum absolute atomic E-state index is 5.00. The van der Waals surface area contributed by atoms with Crippen molar-refractivity contribution in [3.05, 3.63) is 34.9 Å². The fraction of sp³-hybridized carbons (Fsp3) is 0.682. The van der Waals surface area contributed by atoms with Gasteiger partial charge >= 0.3 is 0 Å². The molecule has 2 atom stereocenters. The van der Waals surface area contributed by atoms with Crippen molar-refractivity contribution in [1.82, 2.24) is 24.6 Å². The number of unbranched alkanes of at least 4 members (excludes halogenated alkanes) is 1. The Labute approximate surface area is 168 Å². The second-order valence-corrected chi connectivity index (χ2v) is 8.75. The molecule has 0 aliphatic carbocycles. The largest absolute Gasteiger partial charge is 0.341 e. The number of rotatable bonds is 6. The summed E-state index contributed by atoms with van der Waals surface area (Å²) in [7, 11) is 0. The molecule has 3 aliphatic heterocycles. The number of hydrogen-bond donors (Lipinski definition) is 0. The zero-order valence-corrected chi connectivity index (χ0v) is 17.3. The fourth-order valence-corrected chi connectivity index (χ4v) is 5.23. The van der Waals surface area contributed by atoms with E-state index in [9.17, 15) is 0 Å². The van der Waals surface area contributed by atoms with E-state index in [4.69, 9.17) is 15.1 Å². The summed E-state index contributed by atoms with van der Waals surface area (Å²) in [4.78, 5) is 14.8. The molecule has 2 aromatic heterocycles. The molecule has 150 valence electrons. The monoisotopic (exact) mass is 380 g/mol. The molecule has 2 saturated heterocycles. The first-order valence-corrected chi connectivity index (χ1v) is 11.1. The molecule has 28 heavy (non-hydrogen) atoms. The first-order valence-electron chi connectivity index (χ1n) is 11.1. The summed E-state index contributed by atoms with van der Waals surface area (Å²) >= 11 is 0. The second-order valence-electron chi connectivity index (χ2n) is 8.75. The lowest BCUT2D eigenvalue weighted by atomic mass is 9.98. The van der Waals surface area contributed by atoms with Crippen LogP contribution in [0.1, 0.15) is 74.0 Å². The van der Waals surface area contributed by atoms with E-state index >= 15 is 0 Å². The molecule has 0 unspecified atom stereocenters. The van der Waals surface area contributed by atoms with E-state index in [1.165, 1.54) is 61.0 Å². The van der Waals surface area contributed by atoms with Crippen LogP contribution in [-0.4, -0.2) is 43.8 Å². The fourth-order valence-electron chi connectivity index (χ4n) is 5.23. The van der Waals surface area contributed by atoms with Gasteiger partial charge in [-0.2, -0.15) is 5.10 Å². The van der Waals surface area contributed by atoms with E-state index in [1.54, 1.807) is 0 Å². The summed E-state index contributed by atoms with van der Waals surface area (Å²) in [6, 6.07) is 1.08. The van der Waals surface area contributed by atoms with Crippen LogP contribution in [-0.2, 0) is 19.5 Å². The Morgan fingerprint density at radius 3 is 2.86 bits per heavy atom. The molecule has 0 saturated carbocycles. The number of aromatic nitrogens is 4. The van der Waals surface area contributed by atoms with Gasteiger partial charge in [-0.15, -0.1) is 0 Å². The third-order valence-corrected chi connectivity index (χ3v) is 6.85. The van der Waals surface area contributed by atoms with Gasteiger partial charge in [0.1, 0.15) is 0 Å². The van der Waals surface area contributed by atoms with Gasteiger partial charge in [0.15, 0.2) is 0 Å². The average Bonchev–Trinajstić information content (AvgIpc) is 3.41. The van der Waals surface area contributed by atoms with Crippen molar-refractivity contribution in [2.45, 2.75) is 84.0 Å². The number of nitrogens with zero attached hydrogens (tertiary/aromatic N) is 6. The quantitative estimate of drug-likeness (QED) is 0.766. The third kappa shape index (κ3) is 3.21. The lowest BCUT2D eigenvalue weighted by Gasteiger charge is -2.35. The van der Waals surface area contributed by atoms with Gasteiger partial charge in [0.2, 0.25) is 5.95 Å². The molecule has 2 fully saturated rings. The molecule has 0 aromatic carbocycles. The highest BCUT2D eigenvalue weighted by Gasteiger charge is 2.41. The molecule has 2 bridgehead atoms. The van der Waals surface area contributed by atoms with Crippen LogP contribution in [0, 0.1) is 6.92 Å². The summed E-state index contributed by atoms with van der Waals surface area (Å²) in [6.07, 6.45) is 12.9. The highest BCUT2D eigenvalue weighted by Crippen LogP contribution is 2.44. The number of hydrogen-bond acceptors (Lipinski definition) is 5. The first kappa shape index (κ1) is 18.1. The third-order valence-electron chi connectivity index (χ3n) is 6.85. The molecule has 5 heterocycles. The molecular weight excluding hydrogens is 348 g/mol. The van der Waals surface area contributed by atoms with Gasteiger partial charge in [0.25, 0.3) is 0 Å². The van der Waals surface area contributed by atoms with E-state index in [1.807, 2.05) is 0 Å². The Bertz CT molecular complexity index is 838. The van der Waals surface area contributed by atoms with Crippen LogP contribution >= 0.6 is 0 Å². The lowest BCUT2D eigenvalue weighted by molar-refractivity contribution is 0.166. The van der Waals surface area contributed by atoms with Gasteiger partial charge in [-0.05, 0) is 39.0 Å². The Kier molecular flexibility index (Phi) is 4.83. The van der Waals surface area contributed by atoms with Crippen LogP contribution in [0.4, 0.5) is 5.95 Å². The minimum Gasteiger partial charge on any atom is -0.341 e. The zero-order valence-electron chi connectivity index (χ0n) is 17.3. The second kappa shape index (κ2) is 7.47. The van der Waals surface area contributed by atoms with Crippen LogP contribution in [0.5, 0.6) is 0 Å². The molecule has 0 spiro atoms. The highest BCUT2D eigenvalue weighted by molar-refractivity contribution is 5.38. The van der Waals surface area contributed by atoms with Gasteiger partial charge in [-0.25, -0.2) is 9.97 Å². The van der Waals surface area contributed by atoms with Gasteiger partial charge < -0.3 is 4.90 Å². The first-order chi connectivity index (χ1) is 13.7. The molecule has 6 heteroatoms. The Hall–Kier alpha value is -1.95. The molecule has 5 rings (SSSR count). The van der Waals surface area contributed by atoms with Crippen molar-refractivity contribution in [2.24, 2.45) is 0 Å². The van der Waals surface area contributed by atoms with E-state index in [0.29, 0.717) is 12.1 Å². The molecular formula is C22H32N6. The summed E-state index contributed by atoms with van der Waals surface area (Å²) < 4.78 is 2.14. The van der Waals surface area contributed by atoms with Crippen LogP contribution in [0.25, 0.3) is 0 Å². The van der Waals surface area contributed by atoms with Crippen molar-refractivity contribution in [1.29, 1.82) is 0 Å². The number of fused-ring (bicyclic) bond motifs is 4. The van der Waals surface area contributed by atoms with Crippen molar-refractivity contribution in [3.63, 3.8) is 0 Å². The molecule has 0 amide bonds. The predicted octanol–water partition coefficient (Wildman–Crippen LogP) is 3.64. The Balaban J connectivity index is 1.35. The maximum Gasteiger partial charge on any atom is 0.225 e. The van der Waals surface area contributed by atoms with Crippen molar-refractivity contribution in [2.75, 3.05) is 18.0 Å². The predicted molar refractivity (Wildman–Crippen MR) is 110 cm³/mol. The van der Waals surface area contributed by atoms with E-state index in [0.717, 1.165) is 38.5 Å². The van der Waals surface area contributed by atoms with Gasteiger partial charge in [0.05, 0.1) is 11.4 Å². The van der Waals surface area contributed by atoms with Crippen LogP contribution in [0.15, 0.2) is 12.4 Å². The smallest absolute Gasteiger partial charge is 0.225 e.